The molecule has 1 atom stereocenters. The first kappa shape index (κ1) is 16.6. The minimum absolute atomic E-state index is 0.135. The molecule has 2 heterocycles. The molecule has 1 fully saturated rings. The molecule has 6 heteroatoms. The molecule has 0 spiro atoms. The number of H-pyrrole nitrogens is 1. The van der Waals surface area contributed by atoms with Gasteiger partial charge in [0.25, 0.3) is 0 Å². The number of piperidine rings is 1. The van der Waals surface area contributed by atoms with Crippen molar-refractivity contribution in [2.24, 2.45) is 0 Å². The summed E-state index contributed by atoms with van der Waals surface area (Å²) in [5, 5.41) is 0. The maximum atomic E-state index is 12.9. The van der Waals surface area contributed by atoms with E-state index in [1.807, 2.05) is 23.0 Å². The van der Waals surface area contributed by atoms with E-state index in [2.05, 4.69) is 9.97 Å². The number of aromatic amines is 1. The molecule has 1 aromatic carbocycles. The third-order valence-corrected chi connectivity index (χ3v) is 4.45. The van der Waals surface area contributed by atoms with Gasteiger partial charge in [-0.15, -0.1) is 0 Å². The average Bonchev–Trinajstić information content (AvgIpc) is 3.11. The number of likely N-dealkylation sites (N-methyl/N-ethyl adjacent to an activating group) is 1. The minimum atomic E-state index is -0.241. The molecule has 0 aliphatic carbocycles. The summed E-state index contributed by atoms with van der Waals surface area (Å²) in [5.74, 6) is 1.15. The van der Waals surface area contributed by atoms with Crippen LogP contribution in [0.4, 0.5) is 4.39 Å². The number of hydrogen-bond donors (Lipinski definition) is 1. The van der Waals surface area contributed by atoms with Crippen molar-refractivity contribution in [3.63, 3.8) is 0 Å². The van der Waals surface area contributed by atoms with Crippen LogP contribution < -0.4 is 0 Å². The molecular weight excluding hydrogens is 307 g/mol. The summed E-state index contributed by atoms with van der Waals surface area (Å²) in [4.78, 5) is 23.9. The van der Waals surface area contributed by atoms with Gasteiger partial charge in [0.1, 0.15) is 11.6 Å². The Labute approximate surface area is 141 Å². The lowest BCUT2D eigenvalue weighted by Crippen LogP contribution is -2.43. The smallest absolute Gasteiger partial charge is 0.236 e. The summed E-state index contributed by atoms with van der Waals surface area (Å²) in [6.45, 7) is 2.51. The second kappa shape index (κ2) is 7.57. The fourth-order valence-electron chi connectivity index (χ4n) is 3.22. The van der Waals surface area contributed by atoms with E-state index in [4.69, 9.17) is 0 Å². The highest BCUT2D eigenvalue weighted by molar-refractivity contribution is 5.78. The van der Waals surface area contributed by atoms with Crippen LogP contribution in [-0.2, 0) is 11.3 Å². The van der Waals surface area contributed by atoms with Crippen LogP contribution in [0.5, 0.6) is 0 Å². The second-order valence-corrected chi connectivity index (χ2v) is 6.45. The fourth-order valence-corrected chi connectivity index (χ4v) is 3.22. The predicted octanol–water partition coefficient (Wildman–Crippen LogP) is 2.39. The van der Waals surface area contributed by atoms with Crippen LogP contribution in [0.15, 0.2) is 36.7 Å². The zero-order valence-corrected chi connectivity index (χ0v) is 13.9. The van der Waals surface area contributed by atoms with Gasteiger partial charge in [-0.2, -0.15) is 0 Å². The van der Waals surface area contributed by atoms with E-state index in [0.717, 1.165) is 37.3 Å². The Bertz CT molecular complexity index is 656. The van der Waals surface area contributed by atoms with Crippen LogP contribution in [0.25, 0.3) is 0 Å². The largest absolute Gasteiger partial charge is 0.348 e. The number of halogens is 1. The van der Waals surface area contributed by atoms with Crippen molar-refractivity contribution >= 4 is 5.91 Å². The maximum absolute atomic E-state index is 12.9. The predicted molar refractivity (Wildman–Crippen MR) is 89.9 cm³/mol. The summed E-state index contributed by atoms with van der Waals surface area (Å²) in [6, 6.07) is 6.40. The van der Waals surface area contributed by atoms with Crippen molar-refractivity contribution in [2.75, 3.05) is 26.7 Å². The molecule has 128 valence electrons. The minimum Gasteiger partial charge on any atom is -0.348 e. The van der Waals surface area contributed by atoms with E-state index in [9.17, 15) is 9.18 Å². The molecule has 1 saturated heterocycles. The van der Waals surface area contributed by atoms with Crippen LogP contribution in [0.3, 0.4) is 0 Å². The quantitative estimate of drug-likeness (QED) is 0.916. The number of nitrogens with one attached hydrogen (secondary N) is 1. The molecule has 1 N–H and O–H groups in total. The first-order valence-corrected chi connectivity index (χ1v) is 8.32. The number of nitrogens with zero attached hydrogens (tertiary/aromatic N) is 3. The zero-order chi connectivity index (χ0) is 16.9. The third kappa shape index (κ3) is 4.20. The Morgan fingerprint density at radius 1 is 1.42 bits per heavy atom. The van der Waals surface area contributed by atoms with E-state index in [-0.39, 0.29) is 11.7 Å². The van der Waals surface area contributed by atoms with Gasteiger partial charge >= 0.3 is 0 Å². The molecule has 1 aromatic heterocycles. The summed E-state index contributed by atoms with van der Waals surface area (Å²) in [7, 11) is 1.91. The molecular formula is C18H23FN4O. The van der Waals surface area contributed by atoms with Gasteiger partial charge in [-0.25, -0.2) is 9.37 Å². The van der Waals surface area contributed by atoms with Gasteiger partial charge in [-0.3, -0.25) is 9.69 Å². The monoisotopic (exact) mass is 330 g/mol. The van der Waals surface area contributed by atoms with Gasteiger partial charge in [-0.1, -0.05) is 12.1 Å². The van der Waals surface area contributed by atoms with Crippen LogP contribution >= 0.6 is 0 Å². The molecule has 0 unspecified atom stereocenters. The summed E-state index contributed by atoms with van der Waals surface area (Å²) in [6.07, 6.45) is 5.64. The van der Waals surface area contributed by atoms with Crippen molar-refractivity contribution in [3.8, 4) is 0 Å². The molecule has 2 aromatic rings. The van der Waals surface area contributed by atoms with Crippen LogP contribution in [0.1, 0.15) is 30.1 Å². The molecule has 0 saturated carbocycles. The van der Waals surface area contributed by atoms with E-state index in [1.54, 1.807) is 18.3 Å². The average molecular weight is 330 g/mol. The molecule has 5 nitrogen and oxygen atoms in total. The normalized spacial score (nSPS) is 18.1. The van der Waals surface area contributed by atoms with Crippen LogP contribution in [0, 0.1) is 5.82 Å². The first-order chi connectivity index (χ1) is 11.6. The number of carbonyl (C=O) groups excluding carboxylic acids is 1. The molecule has 0 radical (unpaired) electrons. The summed E-state index contributed by atoms with van der Waals surface area (Å²) < 4.78 is 12.9. The molecule has 0 bridgehead atoms. The van der Waals surface area contributed by atoms with Gasteiger partial charge in [0.2, 0.25) is 5.91 Å². The number of rotatable bonds is 5. The van der Waals surface area contributed by atoms with Gasteiger partial charge in [-0.05, 0) is 37.6 Å². The Kier molecular flexibility index (Phi) is 5.25. The Hall–Kier alpha value is -2.21. The van der Waals surface area contributed by atoms with Gasteiger partial charge in [0.05, 0.1) is 6.54 Å². The van der Waals surface area contributed by atoms with Gasteiger partial charge in [0.15, 0.2) is 0 Å². The highest BCUT2D eigenvalue weighted by Crippen LogP contribution is 2.24. The molecule has 1 amide bonds. The first-order valence-electron chi connectivity index (χ1n) is 8.32. The lowest BCUT2D eigenvalue weighted by Gasteiger charge is -2.33. The number of hydrogen-bond acceptors (Lipinski definition) is 3. The molecule has 3 rings (SSSR count). The van der Waals surface area contributed by atoms with Crippen LogP contribution in [0.2, 0.25) is 0 Å². The van der Waals surface area contributed by atoms with E-state index >= 15 is 0 Å². The number of benzene rings is 1. The van der Waals surface area contributed by atoms with E-state index in [1.165, 1.54) is 12.1 Å². The molecule has 24 heavy (non-hydrogen) atoms. The van der Waals surface area contributed by atoms with Gasteiger partial charge < -0.3 is 9.88 Å². The van der Waals surface area contributed by atoms with Crippen molar-refractivity contribution in [1.82, 2.24) is 19.8 Å². The highest BCUT2D eigenvalue weighted by atomic mass is 19.1. The fraction of sp³-hybridized carbons (Fsp3) is 0.444. The Balaban J connectivity index is 1.53. The molecule has 1 aliphatic heterocycles. The third-order valence-electron chi connectivity index (χ3n) is 4.45. The Morgan fingerprint density at radius 3 is 2.92 bits per heavy atom. The number of likely N-dealkylation sites (tertiary alicyclic amines) is 1. The van der Waals surface area contributed by atoms with Crippen molar-refractivity contribution in [2.45, 2.75) is 25.3 Å². The van der Waals surface area contributed by atoms with E-state index in [0.29, 0.717) is 19.0 Å². The van der Waals surface area contributed by atoms with Crippen molar-refractivity contribution in [1.29, 1.82) is 0 Å². The van der Waals surface area contributed by atoms with E-state index < -0.39 is 0 Å². The summed E-state index contributed by atoms with van der Waals surface area (Å²) >= 11 is 0. The van der Waals surface area contributed by atoms with Crippen molar-refractivity contribution < 1.29 is 9.18 Å². The van der Waals surface area contributed by atoms with Crippen LogP contribution in [-0.4, -0.2) is 52.4 Å². The maximum Gasteiger partial charge on any atom is 0.236 e. The molecule has 1 aliphatic rings. The second-order valence-electron chi connectivity index (χ2n) is 6.45. The highest BCUT2D eigenvalue weighted by Gasteiger charge is 2.26. The lowest BCUT2D eigenvalue weighted by atomic mass is 9.97. The van der Waals surface area contributed by atoms with Crippen molar-refractivity contribution in [3.05, 3.63) is 53.9 Å². The summed E-state index contributed by atoms with van der Waals surface area (Å²) in [5.41, 5.74) is 0.999. The number of carbonyl (C=O) groups is 1. The zero-order valence-electron chi connectivity index (χ0n) is 13.9. The number of amides is 1. The lowest BCUT2D eigenvalue weighted by molar-refractivity contribution is -0.133. The van der Waals surface area contributed by atoms with Gasteiger partial charge in [0, 0.05) is 37.9 Å². The topological polar surface area (TPSA) is 52.2 Å². The number of aromatic nitrogens is 2. The number of imidazole rings is 1. The Morgan fingerprint density at radius 2 is 2.21 bits per heavy atom. The SMILES string of the molecule is CN(CC(=O)N1CCC[C@@H](c2ncc[nH]2)C1)Cc1ccc(F)cc1. The standard InChI is InChI=1S/C18H23FN4O/c1-22(11-14-4-6-16(19)7-5-14)13-17(24)23-10-2-3-15(12-23)18-20-8-9-21-18/h4-9,15H,2-3,10-13H2,1H3,(H,20,21)/t15-/m1/s1.